The third kappa shape index (κ3) is 2.78. The van der Waals surface area contributed by atoms with E-state index in [1.54, 1.807) is 0 Å². The van der Waals surface area contributed by atoms with Crippen LogP contribution in [-0.4, -0.2) is 4.57 Å². The van der Waals surface area contributed by atoms with Crippen LogP contribution in [-0.2, 0) is 12.0 Å². The van der Waals surface area contributed by atoms with Crippen molar-refractivity contribution in [3.63, 3.8) is 0 Å². The molecule has 2 aromatic rings. The first-order valence-corrected chi connectivity index (χ1v) is 7.79. The van der Waals surface area contributed by atoms with Crippen LogP contribution >= 0.6 is 11.6 Å². The standard InChI is InChI=1S/C18H22ClN/c1-18(2,3)17-11-10-16(20(17)12-13-4-5-13)14-6-8-15(19)9-7-14/h6-11,13H,4-5,12H2,1-3H3. The number of hydrogen-bond acceptors (Lipinski definition) is 0. The van der Waals surface area contributed by atoms with E-state index in [1.807, 2.05) is 12.1 Å². The molecule has 2 heteroatoms. The number of aromatic nitrogens is 1. The second kappa shape index (κ2) is 4.96. The van der Waals surface area contributed by atoms with Crippen LogP contribution < -0.4 is 0 Å². The quantitative estimate of drug-likeness (QED) is 0.701. The van der Waals surface area contributed by atoms with E-state index < -0.39 is 0 Å². The maximum Gasteiger partial charge on any atom is 0.0482 e. The van der Waals surface area contributed by atoms with Crippen molar-refractivity contribution >= 4 is 11.6 Å². The first-order chi connectivity index (χ1) is 9.45. The molecule has 0 unspecified atom stereocenters. The highest BCUT2D eigenvalue weighted by Gasteiger charge is 2.27. The van der Waals surface area contributed by atoms with Crippen LogP contribution in [0.5, 0.6) is 0 Å². The molecule has 0 spiro atoms. The summed E-state index contributed by atoms with van der Waals surface area (Å²) in [6, 6.07) is 12.7. The van der Waals surface area contributed by atoms with Gasteiger partial charge < -0.3 is 4.57 Å². The smallest absolute Gasteiger partial charge is 0.0482 e. The molecule has 1 fully saturated rings. The molecule has 1 aromatic heterocycles. The fraction of sp³-hybridized carbons (Fsp3) is 0.444. The molecule has 1 aliphatic carbocycles. The van der Waals surface area contributed by atoms with Gasteiger partial charge in [-0.05, 0) is 48.6 Å². The summed E-state index contributed by atoms with van der Waals surface area (Å²) in [5.41, 5.74) is 4.18. The minimum Gasteiger partial charge on any atom is -0.344 e. The monoisotopic (exact) mass is 287 g/mol. The van der Waals surface area contributed by atoms with Gasteiger partial charge in [0.15, 0.2) is 0 Å². The Morgan fingerprint density at radius 3 is 2.25 bits per heavy atom. The van der Waals surface area contributed by atoms with Crippen LogP contribution in [0.2, 0.25) is 5.02 Å². The molecule has 1 aromatic carbocycles. The van der Waals surface area contributed by atoms with Gasteiger partial charge in [-0.15, -0.1) is 0 Å². The number of halogens is 1. The largest absolute Gasteiger partial charge is 0.344 e. The molecule has 0 amide bonds. The highest BCUT2D eigenvalue weighted by Crippen LogP contribution is 2.36. The zero-order valence-electron chi connectivity index (χ0n) is 12.5. The lowest BCUT2D eigenvalue weighted by Gasteiger charge is -2.23. The summed E-state index contributed by atoms with van der Waals surface area (Å²) < 4.78 is 2.51. The van der Waals surface area contributed by atoms with E-state index in [0.29, 0.717) is 0 Å². The van der Waals surface area contributed by atoms with E-state index in [9.17, 15) is 0 Å². The van der Waals surface area contributed by atoms with Gasteiger partial charge in [-0.25, -0.2) is 0 Å². The fourth-order valence-electron chi connectivity index (χ4n) is 2.75. The van der Waals surface area contributed by atoms with Crippen molar-refractivity contribution in [3.05, 3.63) is 47.1 Å². The second-order valence-corrected chi connectivity index (χ2v) is 7.35. The molecular formula is C18H22ClN. The van der Waals surface area contributed by atoms with Crippen LogP contribution in [0, 0.1) is 5.92 Å². The van der Waals surface area contributed by atoms with E-state index in [0.717, 1.165) is 17.5 Å². The average Bonchev–Trinajstić information content (AvgIpc) is 3.07. The SMILES string of the molecule is CC(C)(C)c1ccc(-c2ccc(Cl)cc2)n1CC1CC1. The molecule has 1 heterocycles. The number of rotatable bonds is 3. The number of benzene rings is 1. The normalized spacial score (nSPS) is 15.6. The zero-order valence-corrected chi connectivity index (χ0v) is 13.2. The van der Waals surface area contributed by atoms with Crippen molar-refractivity contribution < 1.29 is 0 Å². The van der Waals surface area contributed by atoms with Gasteiger partial charge in [0.25, 0.3) is 0 Å². The van der Waals surface area contributed by atoms with Gasteiger partial charge in [-0.1, -0.05) is 44.5 Å². The molecule has 1 aliphatic rings. The van der Waals surface area contributed by atoms with Crippen LogP contribution in [0.4, 0.5) is 0 Å². The Kier molecular flexibility index (Phi) is 3.41. The average molecular weight is 288 g/mol. The molecule has 0 atom stereocenters. The van der Waals surface area contributed by atoms with Gasteiger partial charge in [0, 0.05) is 28.4 Å². The molecular weight excluding hydrogens is 266 g/mol. The van der Waals surface area contributed by atoms with E-state index in [4.69, 9.17) is 11.6 Å². The molecule has 0 bridgehead atoms. The molecule has 1 saturated carbocycles. The summed E-state index contributed by atoms with van der Waals surface area (Å²) in [5, 5.41) is 0.796. The van der Waals surface area contributed by atoms with Gasteiger partial charge in [0.05, 0.1) is 0 Å². The molecule has 1 nitrogen and oxygen atoms in total. The van der Waals surface area contributed by atoms with Crippen LogP contribution in [0.15, 0.2) is 36.4 Å². The van der Waals surface area contributed by atoms with Crippen LogP contribution in [0.25, 0.3) is 11.3 Å². The lowest BCUT2D eigenvalue weighted by atomic mass is 9.92. The summed E-state index contributed by atoms with van der Waals surface area (Å²) >= 11 is 6.00. The third-order valence-electron chi connectivity index (χ3n) is 4.03. The Hall–Kier alpha value is -1.21. The maximum atomic E-state index is 6.00. The van der Waals surface area contributed by atoms with Gasteiger partial charge in [-0.3, -0.25) is 0 Å². The molecule has 0 aliphatic heterocycles. The van der Waals surface area contributed by atoms with Crippen molar-refractivity contribution in [2.24, 2.45) is 5.92 Å². The van der Waals surface area contributed by atoms with Crippen molar-refractivity contribution in [2.45, 2.75) is 45.6 Å². The Morgan fingerprint density at radius 2 is 1.70 bits per heavy atom. The van der Waals surface area contributed by atoms with Crippen LogP contribution in [0.1, 0.15) is 39.3 Å². The molecule has 20 heavy (non-hydrogen) atoms. The fourth-order valence-corrected chi connectivity index (χ4v) is 2.88. The Labute approximate surface area is 126 Å². The summed E-state index contributed by atoms with van der Waals surface area (Å²) in [4.78, 5) is 0. The second-order valence-electron chi connectivity index (χ2n) is 6.91. The minimum atomic E-state index is 0.180. The highest BCUT2D eigenvalue weighted by molar-refractivity contribution is 6.30. The predicted octanol–water partition coefficient (Wildman–Crippen LogP) is 5.52. The Morgan fingerprint density at radius 1 is 1.05 bits per heavy atom. The number of nitrogens with zero attached hydrogens (tertiary/aromatic N) is 1. The maximum absolute atomic E-state index is 6.00. The van der Waals surface area contributed by atoms with Crippen LogP contribution in [0.3, 0.4) is 0 Å². The minimum absolute atomic E-state index is 0.180. The lowest BCUT2D eigenvalue weighted by Crippen LogP contribution is -2.18. The van der Waals surface area contributed by atoms with Gasteiger partial charge in [-0.2, -0.15) is 0 Å². The van der Waals surface area contributed by atoms with Crippen molar-refractivity contribution in [1.82, 2.24) is 4.57 Å². The highest BCUT2D eigenvalue weighted by atomic mass is 35.5. The van der Waals surface area contributed by atoms with Crippen molar-refractivity contribution in [1.29, 1.82) is 0 Å². The lowest BCUT2D eigenvalue weighted by molar-refractivity contribution is 0.503. The van der Waals surface area contributed by atoms with E-state index in [2.05, 4.69) is 49.6 Å². The van der Waals surface area contributed by atoms with Gasteiger partial charge in [0.2, 0.25) is 0 Å². The van der Waals surface area contributed by atoms with Crippen molar-refractivity contribution in [3.8, 4) is 11.3 Å². The molecule has 0 saturated heterocycles. The molecule has 3 rings (SSSR count). The van der Waals surface area contributed by atoms with E-state index in [-0.39, 0.29) is 5.41 Å². The summed E-state index contributed by atoms with van der Waals surface area (Å²) in [5.74, 6) is 0.870. The van der Waals surface area contributed by atoms with Gasteiger partial charge >= 0.3 is 0 Å². The molecule has 0 radical (unpaired) electrons. The van der Waals surface area contributed by atoms with Crippen molar-refractivity contribution in [2.75, 3.05) is 0 Å². The third-order valence-corrected chi connectivity index (χ3v) is 4.28. The summed E-state index contributed by atoms with van der Waals surface area (Å²) in [6.07, 6.45) is 2.75. The predicted molar refractivity (Wildman–Crippen MR) is 86.3 cm³/mol. The Bertz CT molecular complexity index is 597. The van der Waals surface area contributed by atoms with Gasteiger partial charge in [0.1, 0.15) is 0 Å². The van der Waals surface area contributed by atoms with E-state index in [1.165, 1.54) is 29.8 Å². The number of hydrogen-bond donors (Lipinski definition) is 0. The zero-order chi connectivity index (χ0) is 14.3. The van der Waals surface area contributed by atoms with E-state index >= 15 is 0 Å². The molecule has 0 N–H and O–H groups in total. The molecule has 106 valence electrons. The first-order valence-electron chi connectivity index (χ1n) is 7.41. The topological polar surface area (TPSA) is 4.93 Å². The first kappa shape index (κ1) is 13.8. The Balaban J connectivity index is 2.05. The summed E-state index contributed by atoms with van der Waals surface area (Å²) in [7, 11) is 0. The summed E-state index contributed by atoms with van der Waals surface area (Å²) in [6.45, 7) is 8.02.